The number of benzene rings is 2. The highest BCUT2D eigenvalue weighted by Gasteiger charge is 2.28. The molecule has 6 nitrogen and oxygen atoms in total. The summed E-state index contributed by atoms with van der Waals surface area (Å²) in [5.41, 5.74) is 3.22. The molecule has 2 aromatic carbocycles. The minimum Gasteiger partial charge on any atom is -0.493 e. The lowest BCUT2D eigenvalue weighted by Crippen LogP contribution is -2.43. The summed E-state index contributed by atoms with van der Waals surface area (Å²) in [4.78, 5) is 27.3. The van der Waals surface area contributed by atoms with Crippen LogP contribution in [0.5, 0.6) is 11.5 Å². The topological polar surface area (TPSA) is 67.9 Å². The van der Waals surface area contributed by atoms with Crippen LogP contribution in [0.15, 0.2) is 42.5 Å². The van der Waals surface area contributed by atoms with Crippen molar-refractivity contribution in [3.05, 3.63) is 59.2 Å². The lowest BCUT2D eigenvalue weighted by molar-refractivity contribution is -0.135. The molecule has 1 N–H and O–H groups in total. The molecule has 172 valence electrons. The average Bonchev–Trinajstić information content (AvgIpc) is 2.82. The molecule has 1 atom stereocenters. The van der Waals surface area contributed by atoms with Gasteiger partial charge in [-0.05, 0) is 61.9 Å². The van der Waals surface area contributed by atoms with E-state index in [2.05, 4.69) is 5.32 Å². The number of nitrogens with one attached hydrogen (secondary N) is 1. The summed E-state index contributed by atoms with van der Waals surface area (Å²) in [7, 11) is 3.22. The number of ether oxygens (including phenoxy) is 2. The first kappa shape index (κ1) is 23.6. The minimum absolute atomic E-state index is 0.0445. The summed E-state index contributed by atoms with van der Waals surface area (Å²) in [6.45, 7) is 5.25. The summed E-state index contributed by atoms with van der Waals surface area (Å²) < 4.78 is 10.8. The third-order valence-corrected chi connectivity index (χ3v) is 6.29. The number of aryl methyl sites for hydroxylation is 2. The van der Waals surface area contributed by atoms with Crippen LogP contribution < -0.4 is 14.8 Å². The fourth-order valence-corrected chi connectivity index (χ4v) is 4.32. The van der Waals surface area contributed by atoms with Gasteiger partial charge in [-0.15, -0.1) is 0 Å². The lowest BCUT2D eigenvalue weighted by atomic mass is 9.94. The van der Waals surface area contributed by atoms with Crippen LogP contribution in [0.1, 0.15) is 48.9 Å². The predicted molar refractivity (Wildman–Crippen MR) is 125 cm³/mol. The first-order valence-electron chi connectivity index (χ1n) is 11.3. The Kier molecular flexibility index (Phi) is 8.14. The Morgan fingerprint density at radius 3 is 2.31 bits per heavy atom. The van der Waals surface area contributed by atoms with Crippen LogP contribution in [0.3, 0.4) is 0 Å². The molecule has 6 heteroatoms. The molecule has 1 fully saturated rings. The van der Waals surface area contributed by atoms with Crippen LogP contribution >= 0.6 is 0 Å². The molecule has 3 rings (SSSR count). The SMILES string of the molecule is COc1cc(C)c(C(C)NC(=O)C2CCN(C(=O)CCc3ccccc3)CC2)cc1OC. The van der Waals surface area contributed by atoms with E-state index in [1.807, 2.05) is 61.2 Å². The van der Waals surface area contributed by atoms with Gasteiger partial charge in [-0.3, -0.25) is 9.59 Å². The third-order valence-electron chi connectivity index (χ3n) is 6.29. The first-order chi connectivity index (χ1) is 15.4. The van der Waals surface area contributed by atoms with E-state index >= 15 is 0 Å². The quantitative estimate of drug-likeness (QED) is 0.675. The molecular formula is C26H34N2O4. The third kappa shape index (κ3) is 5.81. The first-order valence-corrected chi connectivity index (χ1v) is 11.3. The molecule has 0 saturated carbocycles. The number of hydrogen-bond donors (Lipinski definition) is 1. The van der Waals surface area contributed by atoms with Gasteiger partial charge in [-0.1, -0.05) is 30.3 Å². The Hall–Kier alpha value is -3.02. The normalized spacial score (nSPS) is 15.2. The number of methoxy groups -OCH3 is 2. The molecule has 1 aliphatic rings. The number of carbonyl (C=O) groups excluding carboxylic acids is 2. The number of hydrogen-bond acceptors (Lipinski definition) is 4. The molecule has 2 amide bonds. The Morgan fingerprint density at radius 1 is 1.06 bits per heavy atom. The predicted octanol–water partition coefficient (Wildman–Crippen LogP) is 4.06. The van der Waals surface area contributed by atoms with Gasteiger partial charge in [0.15, 0.2) is 11.5 Å². The zero-order valence-corrected chi connectivity index (χ0v) is 19.5. The van der Waals surface area contributed by atoms with Crippen LogP contribution in [-0.4, -0.2) is 44.0 Å². The molecular weight excluding hydrogens is 404 g/mol. The molecule has 0 aromatic heterocycles. The van der Waals surface area contributed by atoms with Crippen LogP contribution in [-0.2, 0) is 16.0 Å². The average molecular weight is 439 g/mol. The van der Waals surface area contributed by atoms with Gasteiger partial charge in [-0.25, -0.2) is 0 Å². The molecule has 32 heavy (non-hydrogen) atoms. The van der Waals surface area contributed by atoms with Crippen LogP contribution in [0, 0.1) is 12.8 Å². The highest BCUT2D eigenvalue weighted by atomic mass is 16.5. The molecule has 1 unspecified atom stereocenters. The van der Waals surface area contributed by atoms with Crippen molar-refractivity contribution in [2.24, 2.45) is 5.92 Å². The summed E-state index contributed by atoms with van der Waals surface area (Å²) in [5, 5.41) is 3.15. The molecule has 2 aromatic rings. The fourth-order valence-electron chi connectivity index (χ4n) is 4.32. The van der Waals surface area contributed by atoms with Gasteiger partial charge in [0.25, 0.3) is 0 Å². The Bertz CT molecular complexity index is 921. The van der Waals surface area contributed by atoms with E-state index < -0.39 is 0 Å². The molecule has 0 bridgehead atoms. The summed E-state index contributed by atoms with van der Waals surface area (Å²) in [5.74, 6) is 1.47. The Morgan fingerprint density at radius 2 is 1.69 bits per heavy atom. The van der Waals surface area contributed by atoms with Crippen molar-refractivity contribution < 1.29 is 19.1 Å². The van der Waals surface area contributed by atoms with Gasteiger partial charge in [0.1, 0.15) is 0 Å². The van der Waals surface area contributed by atoms with Gasteiger partial charge in [0, 0.05) is 25.4 Å². The van der Waals surface area contributed by atoms with Crippen molar-refractivity contribution in [3.8, 4) is 11.5 Å². The smallest absolute Gasteiger partial charge is 0.223 e. The van der Waals surface area contributed by atoms with Crippen molar-refractivity contribution in [2.75, 3.05) is 27.3 Å². The molecule has 1 saturated heterocycles. The number of likely N-dealkylation sites (tertiary alicyclic amines) is 1. The van der Waals surface area contributed by atoms with Crippen molar-refractivity contribution >= 4 is 11.8 Å². The minimum atomic E-state index is -0.146. The Labute approximate surface area is 190 Å². The standard InChI is InChI=1S/C26H34N2O4/c1-18-16-23(31-3)24(32-4)17-22(18)19(2)27-26(30)21-12-14-28(15-13-21)25(29)11-10-20-8-6-5-7-9-20/h5-9,16-17,19,21H,10-15H2,1-4H3,(H,27,30). The van der Waals surface area contributed by atoms with Crippen molar-refractivity contribution in [3.63, 3.8) is 0 Å². The van der Waals surface area contributed by atoms with Crippen molar-refractivity contribution in [1.82, 2.24) is 10.2 Å². The maximum atomic E-state index is 12.9. The van der Waals surface area contributed by atoms with Crippen LogP contribution in [0.25, 0.3) is 0 Å². The molecule has 0 spiro atoms. The van der Waals surface area contributed by atoms with Crippen molar-refractivity contribution in [1.29, 1.82) is 0 Å². The monoisotopic (exact) mass is 438 g/mol. The van der Waals surface area contributed by atoms with Gasteiger partial charge in [-0.2, -0.15) is 0 Å². The van der Waals surface area contributed by atoms with Crippen molar-refractivity contribution in [2.45, 2.75) is 45.6 Å². The summed E-state index contributed by atoms with van der Waals surface area (Å²) in [6, 6.07) is 13.8. The zero-order chi connectivity index (χ0) is 23.1. The summed E-state index contributed by atoms with van der Waals surface area (Å²) >= 11 is 0. The van der Waals surface area contributed by atoms with Crippen LogP contribution in [0.2, 0.25) is 0 Å². The number of piperidine rings is 1. The maximum absolute atomic E-state index is 12.9. The van der Waals surface area contributed by atoms with E-state index in [1.54, 1.807) is 14.2 Å². The second-order valence-electron chi connectivity index (χ2n) is 8.43. The number of carbonyl (C=O) groups is 2. The van der Waals surface area contributed by atoms with Gasteiger partial charge >= 0.3 is 0 Å². The maximum Gasteiger partial charge on any atom is 0.223 e. The van der Waals surface area contributed by atoms with E-state index in [9.17, 15) is 9.59 Å². The highest BCUT2D eigenvalue weighted by Crippen LogP contribution is 2.33. The van der Waals surface area contributed by atoms with E-state index in [1.165, 1.54) is 5.56 Å². The van der Waals surface area contributed by atoms with Gasteiger partial charge in [0.2, 0.25) is 11.8 Å². The number of amides is 2. The summed E-state index contributed by atoms with van der Waals surface area (Å²) in [6.07, 6.45) is 2.65. The number of rotatable bonds is 8. The highest BCUT2D eigenvalue weighted by molar-refractivity contribution is 5.80. The second kappa shape index (κ2) is 11.0. The van der Waals surface area contributed by atoms with Gasteiger partial charge < -0.3 is 19.7 Å². The van der Waals surface area contributed by atoms with Crippen LogP contribution in [0.4, 0.5) is 0 Å². The van der Waals surface area contributed by atoms with Gasteiger partial charge in [0.05, 0.1) is 20.3 Å². The van der Waals surface area contributed by atoms with E-state index in [4.69, 9.17) is 9.47 Å². The second-order valence-corrected chi connectivity index (χ2v) is 8.43. The van der Waals surface area contributed by atoms with E-state index in [0.717, 1.165) is 17.5 Å². The largest absolute Gasteiger partial charge is 0.493 e. The Balaban J connectivity index is 1.50. The molecule has 1 aliphatic heterocycles. The fraction of sp³-hybridized carbons (Fsp3) is 0.462. The zero-order valence-electron chi connectivity index (χ0n) is 19.5. The lowest BCUT2D eigenvalue weighted by Gasteiger charge is -2.32. The molecule has 0 aliphatic carbocycles. The molecule has 0 radical (unpaired) electrons. The van der Waals surface area contributed by atoms with E-state index in [-0.39, 0.29) is 23.8 Å². The number of nitrogens with zero attached hydrogens (tertiary/aromatic N) is 1. The van der Waals surface area contributed by atoms with E-state index in [0.29, 0.717) is 43.9 Å². The molecule has 1 heterocycles.